The van der Waals surface area contributed by atoms with Gasteiger partial charge in [-0.3, -0.25) is 14.5 Å². The van der Waals surface area contributed by atoms with Gasteiger partial charge < -0.3 is 10.5 Å². The van der Waals surface area contributed by atoms with E-state index in [1.807, 2.05) is 6.92 Å². The Kier molecular flexibility index (Phi) is 3.41. The average molecular weight is 230 g/mol. The quantitative estimate of drug-likeness (QED) is 0.538. The van der Waals surface area contributed by atoms with E-state index in [1.165, 1.54) is 0 Å². The van der Waals surface area contributed by atoms with Crippen molar-refractivity contribution in [2.24, 2.45) is 5.73 Å². The Morgan fingerprint density at radius 1 is 1.53 bits per heavy atom. The molecule has 0 bridgehead atoms. The number of imide groups is 1. The highest BCUT2D eigenvalue weighted by Crippen LogP contribution is 2.22. The first-order chi connectivity index (χ1) is 6.93. The third-order valence-electron chi connectivity index (χ3n) is 2.66. The molecule has 5 nitrogen and oxygen atoms in total. The van der Waals surface area contributed by atoms with Crippen LogP contribution in [0.25, 0.3) is 0 Å². The monoisotopic (exact) mass is 230 g/mol. The van der Waals surface area contributed by atoms with Gasteiger partial charge in [-0.2, -0.15) is 0 Å². The molecule has 1 heterocycles. The van der Waals surface area contributed by atoms with E-state index in [0.717, 1.165) is 4.90 Å². The van der Waals surface area contributed by atoms with Crippen LogP contribution in [0.3, 0.4) is 0 Å². The highest BCUT2D eigenvalue weighted by Gasteiger charge is 2.42. The number of nitrogens with two attached hydrogens (primary N) is 1. The van der Waals surface area contributed by atoms with E-state index in [2.05, 4.69) is 0 Å². The zero-order chi connectivity index (χ0) is 11.6. The molecule has 1 atom stereocenters. The van der Waals surface area contributed by atoms with Crippen molar-refractivity contribution < 1.29 is 14.3 Å². The largest absolute Gasteiger partial charge is 0.391 e. The van der Waals surface area contributed by atoms with Crippen LogP contribution in [0.4, 0.5) is 0 Å². The molecule has 84 valence electrons. The third kappa shape index (κ3) is 2.00. The first-order valence-corrected chi connectivity index (χ1v) is 5.08. The lowest BCUT2D eigenvalue weighted by Crippen LogP contribution is -2.62. The number of carbonyl (C=O) groups is 2. The van der Waals surface area contributed by atoms with Crippen molar-refractivity contribution in [1.29, 1.82) is 0 Å². The summed E-state index contributed by atoms with van der Waals surface area (Å²) in [4.78, 5) is 24.4. The van der Waals surface area contributed by atoms with E-state index in [4.69, 9.17) is 22.7 Å². The predicted molar refractivity (Wildman–Crippen MR) is 58.2 cm³/mol. The Labute approximate surface area is 93.5 Å². The van der Waals surface area contributed by atoms with Gasteiger partial charge in [-0.25, -0.2) is 0 Å². The van der Waals surface area contributed by atoms with E-state index < -0.39 is 5.54 Å². The maximum atomic E-state index is 11.6. The Balaban J connectivity index is 3.05. The Hall–Kier alpha value is -1.01. The van der Waals surface area contributed by atoms with Crippen LogP contribution in [-0.4, -0.2) is 40.5 Å². The fourth-order valence-corrected chi connectivity index (χ4v) is 1.72. The Bertz CT molecular complexity index is 302. The van der Waals surface area contributed by atoms with Gasteiger partial charge in [0.25, 0.3) is 11.8 Å². The zero-order valence-electron chi connectivity index (χ0n) is 8.78. The van der Waals surface area contributed by atoms with E-state index in [-0.39, 0.29) is 30.0 Å². The van der Waals surface area contributed by atoms with Crippen molar-refractivity contribution >= 4 is 29.0 Å². The van der Waals surface area contributed by atoms with Crippen molar-refractivity contribution in [3.63, 3.8) is 0 Å². The average Bonchev–Trinajstić information content (AvgIpc) is 2.16. The number of thiocarbonyl (C=S) groups is 1. The first kappa shape index (κ1) is 12.1. The standard InChI is InChI=1S/C9H14N2O3S/c1-3-9(2,8(10)15)11-6(12)4-14-5-7(11)13/h3-5H2,1-2H3,(H2,10,15). The third-order valence-corrected chi connectivity index (χ3v) is 3.10. The van der Waals surface area contributed by atoms with Gasteiger partial charge in [-0.15, -0.1) is 0 Å². The number of morpholine rings is 1. The zero-order valence-corrected chi connectivity index (χ0v) is 9.60. The molecule has 0 aromatic rings. The number of nitrogens with zero attached hydrogens (tertiary/aromatic N) is 1. The molecule has 0 aromatic heterocycles. The highest BCUT2D eigenvalue weighted by atomic mass is 32.1. The number of hydrogen-bond acceptors (Lipinski definition) is 4. The van der Waals surface area contributed by atoms with E-state index in [1.54, 1.807) is 6.92 Å². The van der Waals surface area contributed by atoms with Crippen LogP contribution < -0.4 is 5.73 Å². The summed E-state index contributed by atoms with van der Waals surface area (Å²) in [6, 6.07) is 0. The minimum atomic E-state index is -0.882. The van der Waals surface area contributed by atoms with E-state index >= 15 is 0 Å². The lowest BCUT2D eigenvalue weighted by Gasteiger charge is -2.40. The first-order valence-electron chi connectivity index (χ1n) is 4.67. The molecule has 0 aliphatic carbocycles. The lowest BCUT2D eigenvalue weighted by atomic mass is 9.95. The van der Waals surface area contributed by atoms with Gasteiger partial charge in [0, 0.05) is 0 Å². The van der Waals surface area contributed by atoms with Gasteiger partial charge in [0.1, 0.15) is 13.2 Å². The second-order valence-corrected chi connectivity index (χ2v) is 4.05. The highest BCUT2D eigenvalue weighted by molar-refractivity contribution is 7.80. The molecular weight excluding hydrogens is 216 g/mol. The SMILES string of the molecule is CCC(C)(C(N)=S)N1C(=O)COCC1=O. The van der Waals surface area contributed by atoms with Crippen LogP contribution in [0.1, 0.15) is 20.3 Å². The van der Waals surface area contributed by atoms with Gasteiger partial charge in [0.05, 0.1) is 10.5 Å². The van der Waals surface area contributed by atoms with E-state index in [0.29, 0.717) is 6.42 Å². The molecule has 1 aliphatic heterocycles. The van der Waals surface area contributed by atoms with Gasteiger partial charge in [-0.05, 0) is 13.3 Å². The smallest absolute Gasteiger partial charge is 0.256 e. The molecule has 1 fully saturated rings. The summed E-state index contributed by atoms with van der Waals surface area (Å²) >= 11 is 4.91. The normalized spacial score (nSPS) is 21.3. The summed E-state index contributed by atoms with van der Waals surface area (Å²) in [5.74, 6) is -0.771. The number of rotatable bonds is 3. The molecule has 0 spiro atoms. The van der Waals surface area contributed by atoms with Gasteiger partial charge >= 0.3 is 0 Å². The molecule has 1 rings (SSSR count). The number of hydrogen-bond donors (Lipinski definition) is 1. The van der Waals surface area contributed by atoms with Crippen LogP contribution in [0.5, 0.6) is 0 Å². The topological polar surface area (TPSA) is 72.6 Å². The molecule has 1 unspecified atom stereocenters. The van der Waals surface area contributed by atoms with Crippen molar-refractivity contribution in [2.75, 3.05) is 13.2 Å². The fraction of sp³-hybridized carbons (Fsp3) is 0.667. The minimum Gasteiger partial charge on any atom is -0.391 e. The van der Waals surface area contributed by atoms with Crippen LogP contribution in [0.2, 0.25) is 0 Å². The van der Waals surface area contributed by atoms with Gasteiger partial charge in [0.15, 0.2) is 0 Å². The van der Waals surface area contributed by atoms with Gasteiger partial charge in [0.2, 0.25) is 0 Å². The lowest BCUT2D eigenvalue weighted by molar-refractivity contribution is -0.163. The number of carbonyl (C=O) groups excluding carboxylic acids is 2. The summed E-state index contributed by atoms with van der Waals surface area (Å²) in [6.45, 7) is 3.33. The number of ether oxygens (including phenoxy) is 1. The van der Waals surface area contributed by atoms with Crippen LogP contribution in [-0.2, 0) is 14.3 Å². The van der Waals surface area contributed by atoms with Crippen molar-refractivity contribution in [3.8, 4) is 0 Å². The summed E-state index contributed by atoms with van der Waals surface area (Å²) in [5.41, 5.74) is 4.70. The van der Waals surface area contributed by atoms with E-state index in [9.17, 15) is 9.59 Å². The minimum absolute atomic E-state index is 0.0933. The summed E-state index contributed by atoms with van der Waals surface area (Å²) in [6.07, 6.45) is 0.500. The predicted octanol–water partition coefficient (Wildman–Crippen LogP) is -0.173. The molecular formula is C9H14N2O3S. The van der Waals surface area contributed by atoms with Gasteiger partial charge in [-0.1, -0.05) is 19.1 Å². The van der Waals surface area contributed by atoms with Crippen molar-refractivity contribution in [2.45, 2.75) is 25.8 Å². The Morgan fingerprint density at radius 2 is 2.00 bits per heavy atom. The molecule has 2 amide bonds. The molecule has 0 radical (unpaired) electrons. The molecule has 0 saturated carbocycles. The molecule has 0 aromatic carbocycles. The van der Waals surface area contributed by atoms with Crippen molar-refractivity contribution in [1.82, 2.24) is 4.90 Å². The number of amides is 2. The van der Waals surface area contributed by atoms with Crippen LogP contribution >= 0.6 is 12.2 Å². The molecule has 1 aliphatic rings. The summed E-state index contributed by atoms with van der Waals surface area (Å²) < 4.78 is 4.82. The summed E-state index contributed by atoms with van der Waals surface area (Å²) in [7, 11) is 0. The Morgan fingerprint density at radius 3 is 2.33 bits per heavy atom. The van der Waals surface area contributed by atoms with Crippen LogP contribution in [0, 0.1) is 0 Å². The maximum absolute atomic E-state index is 11.6. The molecule has 2 N–H and O–H groups in total. The molecule has 15 heavy (non-hydrogen) atoms. The van der Waals surface area contributed by atoms with Crippen molar-refractivity contribution in [3.05, 3.63) is 0 Å². The summed E-state index contributed by atoms with van der Waals surface area (Å²) in [5, 5.41) is 0. The second kappa shape index (κ2) is 4.24. The van der Waals surface area contributed by atoms with Crippen LogP contribution in [0.15, 0.2) is 0 Å². The molecule has 6 heteroatoms. The molecule has 1 saturated heterocycles. The maximum Gasteiger partial charge on any atom is 0.256 e. The fourth-order valence-electron chi connectivity index (χ4n) is 1.49. The second-order valence-electron chi connectivity index (χ2n) is 3.61.